The number of benzene rings is 2. The van der Waals surface area contributed by atoms with Gasteiger partial charge in [0.05, 0.1) is 7.11 Å². The first-order chi connectivity index (χ1) is 12.0. The molecule has 130 valence electrons. The Balaban J connectivity index is 1.83. The van der Waals surface area contributed by atoms with Crippen LogP contribution in [0.3, 0.4) is 0 Å². The van der Waals surface area contributed by atoms with Gasteiger partial charge in [0.15, 0.2) is 6.61 Å². The number of hydrogen-bond acceptors (Lipinski definition) is 4. The van der Waals surface area contributed by atoms with E-state index in [1.807, 2.05) is 0 Å². The number of anilines is 1. The molecule has 2 aromatic rings. The molecule has 1 N–H and O–H groups in total. The Morgan fingerprint density at radius 3 is 2.56 bits per heavy atom. The Hall–Kier alpha value is -2.79. The van der Waals surface area contributed by atoms with Crippen molar-refractivity contribution in [3.63, 3.8) is 0 Å². The van der Waals surface area contributed by atoms with E-state index >= 15 is 0 Å². The van der Waals surface area contributed by atoms with Gasteiger partial charge in [0.25, 0.3) is 5.91 Å². The molecule has 2 rings (SSSR count). The summed E-state index contributed by atoms with van der Waals surface area (Å²) in [4.78, 5) is 23.5. The third kappa shape index (κ3) is 5.65. The zero-order chi connectivity index (χ0) is 18.2. The molecule has 0 aromatic heterocycles. The fourth-order valence-electron chi connectivity index (χ4n) is 1.99. The fraction of sp³-hybridized carbons (Fsp3) is 0.158. The minimum Gasteiger partial charge on any atom is -0.497 e. The molecule has 0 saturated carbocycles. The van der Waals surface area contributed by atoms with Crippen molar-refractivity contribution in [3.8, 4) is 5.75 Å². The number of ether oxygens (including phenoxy) is 2. The van der Waals surface area contributed by atoms with Crippen molar-refractivity contribution in [2.75, 3.05) is 19.0 Å². The maximum Gasteiger partial charge on any atom is 0.331 e. The molecule has 25 heavy (non-hydrogen) atoms. The molecule has 5 nitrogen and oxygen atoms in total. The molecule has 1 amide bonds. The van der Waals surface area contributed by atoms with E-state index in [1.54, 1.807) is 62.6 Å². The third-order valence-electron chi connectivity index (χ3n) is 3.41. The number of methoxy groups -OCH3 is 1. The summed E-state index contributed by atoms with van der Waals surface area (Å²) in [5.41, 5.74) is 2.15. The minimum atomic E-state index is -0.603. The van der Waals surface area contributed by atoms with Crippen molar-refractivity contribution < 1.29 is 19.1 Å². The summed E-state index contributed by atoms with van der Waals surface area (Å²) in [5, 5.41) is 3.21. The second-order valence-corrected chi connectivity index (χ2v) is 5.58. The van der Waals surface area contributed by atoms with Crippen LogP contribution < -0.4 is 10.1 Å². The van der Waals surface area contributed by atoms with Crippen LogP contribution in [-0.4, -0.2) is 25.6 Å². The molecule has 0 fully saturated rings. The van der Waals surface area contributed by atoms with E-state index in [1.165, 1.54) is 6.08 Å². The van der Waals surface area contributed by atoms with Gasteiger partial charge in [0.1, 0.15) is 5.75 Å². The van der Waals surface area contributed by atoms with Gasteiger partial charge in [0.2, 0.25) is 0 Å². The standard InChI is InChI=1S/C19H18ClNO4/c1-13-16(20)4-3-5-17(13)21-18(22)12-25-19(23)11-8-14-6-9-15(24-2)10-7-14/h3-11H,12H2,1-2H3,(H,21,22). The number of carbonyl (C=O) groups excluding carboxylic acids is 2. The number of nitrogens with one attached hydrogen (secondary N) is 1. The normalized spacial score (nSPS) is 10.5. The van der Waals surface area contributed by atoms with Crippen LogP contribution in [0.25, 0.3) is 6.08 Å². The average Bonchev–Trinajstić information content (AvgIpc) is 2.62. The highest BCUT2D eigenvalue weighted by Crippen LogP contribution is 2.22. The van der Waals surface area contributed by atoms with Crippen molar-refractivity contribution in [1.29, 1.82) is 0 Å². The van der Waals surface area contributed by atoms with Crippen LogP contribution in [0.2, 0.25) is 5.02 Å². The lowest BCUT2D eigenvalue weighted by molar-refractivity contribution is -0.142. The Kier molecular flexibility index (Phi) is 6.60. The number of carbonyl (C=O) groups is 2. The number of halogens is 1. The van der Waals surface area contributed by atoms with E-state index in [0.29, 0.717) is 10.7 Å². The van der Waals surface area contributed by atoms with E-state index in [-0.39, 0.29) is 6.61 Å². The van der Waals surface area contributed by atoms with Crippen molar-refractivity contribution in [2.45, 2.75) is 6.92 Å². The molecular formula is C19H18ClNO4. The topological polar surface area (TPSA) is 64.6 Å². The summed E-state index contributed by atoms with van der Waals surface area (Å²) < 4.78 is 9.97. The fourth-order valence-corrected chi connectivity index (χ4v) is 2.17. The first-order valence-corrected chi connectivity index (χ1v) is 7.91. The van der Waals surface area contributed by atoms with Crippen molar-refractivity contribution in [3.05, 3.63) is 64.7 Å². The highest BCUT2D eigenvalue weighted by Gasteiger charge is 2.08. The molecule has 0 aliphatic heterocycles. The highest BCUT2D eigenvalue weighted by molar-refractivity contribution is 6.31. The molecule has 0 aliphatic rings. The predicted octanol–water partition coefficient (Wildman–Crippen LogP) is 3.85. The Labute approximate surface area is 151 Å². The molecule has 0 saturated heterocycles. The Bertz CT molecular complexity index is 785. The average molecular weight is 360 g/mol. The van der Waals surface area contributed by atoms with Gasteiger partial charge >= 0.3 is 5.97 Å². The second kappa shape index (κ2) is 8.89. The van der Waals surface area contributed by atoms with Gasteiger partial charge in [-0.05, 0) is 48.4 Å². The summed E-state index contributed by atoms with van der Waals surface area (Å²) in [6.45, 7) is 1.42. The molecule has 0 unspecified atom stereocenters. The zero-order valence-electron chi connectivity index (χ0n) is 13.9. The van der Waals surface area contributed by atoms with E-state index < -0.39 is 11.9 Å². The lowest BCUT2D eigenvalue weighted by Crippen LogP contribution is -2.20. The molecule has 0 bridgehead atoms. The predicted molar refractivity (Wildman–Crippen MR) is 97.8 cm³/mol. The molecule has 0 radical (unpaired) electrons. The van der Waals surface area contributed by atoms with E-state index in [0.717, 1.165) is 16.9 Å². The monoisotopic (exact) mass is 359 g/mol. The van der Waals surface area contributed by atoms with Gasteiger partial charge in [-0.2, -0.15) is 0 Å². The Morgan fingerprint density at radius 2 is 1.88 bits per heavy atom. The van der Waals surface area contributed by atoms with Crippen LogP contribution in [0.1, 0.15) is 11.1 Å². The van der Waals surface area contributed by atoms with Crippen LogP contribution in [0, 0.1) is 6.92 Å². The van der Waals surface area contributed by atoms with Gasteiger partial charge in [-0.3, -0.25) is 4.79 Å². The molecule has 0 atom stereocenters. The molecule has 6 heteroatoms. The molecule has 0 heterocycles. The minimum absolute atomic E-state index is 0.377. The van der Waals surface area contributed by atoms with Gasteiger partial charge in [-0.1, -0.05) is 29.8 Å². The van der Waals surface area contributed by atoms with Crippen LogP contribution in [-0.2, 0) is 14.3 Å². The largest absolute Gasteiger partial charge is 0.497 e. The maximum atomic E-state index is 11.9. The molecule has 0 spiro atoms. The third-order valence-corrected chi connectivity index (χ3v) is 3.82. The number of amides is 1. The highest BCUT2D eigenvalue weighted by atomic mass is 35.5. The second-order valence-electron chi connectivity index (χ2n) is 5.17. The molecular weight excluding hydrogens is 342 g/mol. The molecule has 2 aromatic carbocycles. The van der Waals surface area contributed by atoms with Crippen molar-refractivity contribution in [2.24, 2.45) is 0 Å². The van der Waals surface area contributed by atoms with E-state index in [2.05, 4.69) is 5.32 Å². The quantitative estimate of drug-likeness (QED) is 0.628. The summed E-state index contributed by atoms with van der Waals surface area (Å²) >= 11 is 5.99. The van der Waals surface area contributed by atoms with Crippen LogP contribution >= 0.6 is 11.6 Å². The first kappa shape index (κ1) is 18.5. The Morgan fingerprint density at radius 1 is 1.16 bits per heavy atom. The van der Waals surface area contributed by atoms with Crippen LogP contribution in [0.4, 0.5) is 5.69 Å². The van der Waals surface area contributed by atoms with Gasteiger partial charge in [-0.25, -0.2) is 4.79 Å². The van der Waals surface area contributed by atoms with Crippen LogP contribution in [0.15, 0.2) is 48.5 Å². The van der Waals surface area contributed by atoms with Crippen molar-refractivity contribution in [1.82, 2.24) is 0 Å². The summed E-state index contributed by atoms with van der Waals surface area (Å²) in [5.74, 6) is -0.307. The van der Waals surface area contributed by atoms with Gasteiger partial charge in [-0.15, -0.1) is 0 Å². The number of hydrogen-bond donors (Lipinski definition) is 1. The van der Waals surface area contributed by atoms with E-state index in [9.17, 15) is 9.59 Å². The first-order valence-electron chi connectivity index (χ1n) is 7.53. The summed E-state index contributed by atoms with van der Waals surface area (Å²) in [6.07, 6.45) is 2.86. The van der Waals surface area contributed by atoms with Crippen LogP contribution in [0.5, 0.6) is 5.75 Å². The lowest BCUT2D eigenvalue weighted by Gasteiger charge is -2.09. The summed E-state index contributed by atoms with van der Waals surface area (Å²) in [7, 11) is 1.58. The molecule has 0 aliphatic carbocycles. The number of rotatable bonds is 6. The van der Waals surface area contributed by atoms with Gasteiger partial charge in [0, 0.05) is 16.8 Å². The maximum absolute atomic E-state index is 11.9. The van der Waals surface area contributed by atoms with E-state index in [4.69, 9.17) is 21.1 Å². The zero-order valence-corrected chi connectivity index (χ0v) is 14.7. The van der Waals surface area contributed by atoms with Gasteiger partial charge < -0.3 is 14.8 Å². The summed E-state index contributed by atoms with van der Waals surface area (Å²) in [6, 6.07) is 12.4. The SMILES string of the molecule is COc1ccc(C=CC(=O)OCC(=O)Nc2cccc(Cl)c2C)cc1. The number of esters is 1. The smallest absolute Gasteiger partial charge is 0.331 e. The lowest BCUT2D eigenvalue weighted by atomic mass is 10.2. The van der Waals surface area contributed by atoms with Crippen molar-refractivity contribution >= 4 is 35.2 Å².